The summed E-state index contributed by atoms with van der Waals surface area (Å²) in [5.74, 6) is 0.544. The van der Waals surface area contributed by atoms with Crippen molar-refractivity contribution in [1.29, 1.82) is 0 Å². The van der Waals surface area contributed by atoms with Gasteiger partial charge < -0.3 is 10.4 Å². The zero-order valence-corrected chi connectivity index (χ0v) is 9.46. The van der Waals surface area contributed by atoms with Crippen LogP contribution in [0, 0.1) is 6.92 Å². The molecule has 1 fully saturated rings. The van der Waals surface area contributed by atoms with Crippen molar-refractivity contribution in [2.24, 2.45) is 0 Å². The molecule has 2 unspecified atom stereocenters. The molecule has 1 aliphatic heterocycles. The molecular weight excluding hydrogens is 186 g/mol. The summed E-state index contributed by atoms with van der Waals surface area (Å²) >= 11 is 0. The monoisotopic (exact) mass is 205 g/mol. The van der Waals surface area contributed by atoms with Gasteiger partial charge in [-0.2, -0.15) is 0 Å². The van der Waals surface area contributed by atoms with E-state index in [1.54, 1.807) is 0 Å². The van der Waals surface area contributed by atoms with Crippen LogP contribution < -0.4 is 5.32 Å². The first kappa shape index (κ1) is 10.7. The van der Waals surface area contributed by atoms with Crippen LogP contribution >= 0.6 is 0 Å². The fourth-order valence-electron chi connectivity index (χ4n) is 2.25. The van der Waals surface area contributed by atoms with E-state index in [0.717, 1.165) is 13.0 Å². The molecule has 2 nitrogen and oxygen atoms in total. The Morgan fingerprint density at radius 1 is 1.40 bits per heavy atom. The van der Waals surface area contributed by atoms with E-state index in [9.17, 15) is 5.11 Å². The lowest BCUT2D eigenvalue weighted by Crippen LogP contribution is -2.39. The third-order valence-corrected chi connectivity index (χ3v) is 3.37. The van der Waals surface area contributed by atoms with Gasteiger partial charge in [-0.25, -0.2) is 0 Å². The Morgan fingerprint density at radius 2 is 2.07 bits per heavy atom. The number of rotatable bonds is 2. The molecule has 2 N–H and O–H groups in total. The van der Waals surface area contributed by atoms with Crippen LogP contribution in [0.15, 0.2) is 24.3 Å². The number of benzene rings is 1. The maximum Gasteiger partial charge on any atom is 0.0610 e. The lowest BCUT2D eigenvalue weighted by molar-refractivity contribution is 0.191. The average molecular weight is 205 g/mol. The predicted octanol–water partition coefficient (Wildman–Crippen LogP) is 1.82. The summed E-state index contributed by atoms with van der Waals surface area (Å²) in [5.41, 5.74) is 2.59. The molecule has 1 aromatic carbocycles. The van der Waals surface area contributed by atoms with Gasteiger partial charge in [0.1, 0.15) is 0 Å². The van der Waals surface area contributed by atoms with Crippen LogP contribution in [-0.2, 0) is 0 Å². The summed E-state index contributed by atoms with van der Waals surface area (Å²) in [6, 6.07) is 8.71. The highest BCUT2D eigenvalue weighted by molar-refractivity contribution is 5.26. The second-order valence-corrected chi connectivity index (χ2v) is 4.91. The molecule has 0 amide bonds. The van der Waals surface area contributed by atoms with E-state index in [0.29, 0.717) is 5.92 Å². The number of aryl methyl sites for hydroxylation is 1. The van der Waals surface area contributed by atoms with E-state index in [-0.39, 0.29) is 12.1 Å². The molecule has 2 atom stereocenters. The average Bonchev–Trinajstić information content (AvgIpc) is 2.63. The van der Waals surface area contributed by atoms with Gasteiger partial charge in [-0.1, -0.05) is 29.8 Å². The molecular formula is C13H19NO. The van der Waals surface area contributed by atoms with Crippen LogP contribution in [-0.4, -0.2) is 23.8 Å². The van der Waals surface area contributed by atoms with Crippen LogP contribution in [0.1, 0.15) is 30.4 Å². The molecule has 1 saturated heterocycles. The first-order valence-corrected chi connectivity index (χ1v) is 5.55. The summed E-state index contributed by atoms with van der Waals surface area (Å²) in [4.78, 5) is 0. The first-order valence-electron chi connectivity index (χ1n) is 5.55. The molecule has 0 aromatic heterocycles. The highest BCUT2D eigenvalue weighted by atomic mass is 16.3. The Balaban J connectivity index is 2.11. The van der Waals surface area contributed by atoms with Crippen molar-refractivity contribution in [2.45, 2.75) is 31.7 Å². The highest BCUT2D eigenvalue weighted by Gasteiger charge is 2.34. The van der Waals surface area contributed by atoms with Crippen molar-refractivity contribution in [3.63, 3.8) is 0 Å². The molecule has 1 aliphatic rings. The highest BCUT2D eigenvalue weighted by Crippen LogP contribution is 2.31. The van der Waals surface area contributed by atoms with Gasteiger partial charge in [0, 0.05) is 12.1 Å². The smallest absolute Gasteiger partial charge is 0.0610 e. The molecule has 15 heavy (non-hydrogen) atoms. The third kappa shape index (κ3) is 2.21. The molecule has 82 valence electrons. The van der Waals surface area contributed by atoms with E-state index >= 15 is 0 Å². The van der Waals surface area contributed by atoms with Crippen molar-refractivity contribution in [3.8, 4) is 0 Å². The maximum absolute atomic E-state index is 9.27. The SMILES string of the molecule is Cc1ccc(C2CNC(C)(CO)C2)cc1. The van der Waals surface area contributed by atoms with Crippen LogP contribution in [0.25, 0.3) is 0 Å². The van der Waals surface area contributed by atoms with E-state index in [1.807, 2.05) is 0 Å². The molecule has 0 aliphatic carbocycles. The molecule has 0 spiro atoms. The van der Waals surface area contributed by atoms with Gasteiger partial charge in [0.2, 0.25) is 0 Å². The standard InChI is InChI=1S/C13H19NO/c1-10-3-5-11(6-4-10)12-7-13(2,9-15)14-8-12/h3-6,12,14-15H,7-9H2,1-2H3. The molecule has 1 heterocycles. The van der Waals surface area contributed by atoms with E-state index in [4.69, 9.17) is 0 Å². The molecule has 2 rings (SSSR count). The van der Waals surface area contributed by atoms with E-state index < -0.39 is 0 Å². The van der Waals surface area contributed by atoms with Crippen LogP contribution in [0.3, 0.4) is 0 Å². The molecule has 0 radical (unpaired) electrons. The predicted molar refractivity (Wildman–Crippen MR) is 62.0 cm³/mol. The van der Waals surface area contributed by atoms with Crippen molar-refractivity contribution in [2.75, 3.05) is 13.2 Å². The zero-order chi connectivity index (χ0) is 10.9. The Labute approximate surface area is 91.3 Å². The lowest BCUT2D eigenvalue weighted by Gasteiger charge is -2.21. The first-order chi connectivity index (χ1) is 7.13. The second-order valence-electron chi connectivity index (χ2n) is 4.91. The summed E-state index contributed by atoms with van der Waals surface area (Å²) < 4.78 is 0. The second kappa shape index (κ2) is 3.95. The maximum atomic E-state index is 9.27. The Bertz CT molecular complexity index is 333. The number of aliphatic hydroxyl groups is 1. The number of aliphatic hydroxyl groups excluding tert-OH is 1. The quantitative estimate of drug-likeness (QED) is 0.772. The molecule has 1 aromatic rings. The molecule has 0 saturated carbocycles. The Hall–Kier alpha value is -0.860. The van der Waals surface area contributed by atoms with Gasteiger partial charge in [0.15, 0.2) is 0 Å². The lowest BCUT2D eigenvalue weighted by atomic mass is 9.90. The summed E-state index contributed by atoms with van der Waals surface area (Å²) in [7, 11) is 0. The fraction of sp³-hybridized carbons (Fsp3) is 0.538. The number of nitrogens with one attached hydrogen (secondary N) is 1. The minimum absolute atomic E-state index is 0.0877. The van der Waals surface area contributed by atoms with Crippen molar-refractivity contribution in [3.05, 3.63) is 35.4 Å². The van der Waals surface area contributed by atoms with Crippen molar-refractivity contribution >= 4 is 0 Å². The Morgan fingerprint density at radius 3 is 2.60 bits per heavy atom. The van der Waals surface area contributed by atoms with Crippen molar-refractivity contribution in [1.82, 2.24) is 5.32 Å². The van der Waals surface area contributed by atoms with Gasteiger partial charge in [-0.3, -0.25) is 0 Å². The van der Waals surface area contributed by atoms with Crippen LogP contribution in [0.5, 0.6) is 0 Å². The number of hydrogen-bond acceptors (Lipinski definition) is 2. The van der Waals surface area contributed by atoms with Crippen LogP contribution in [0.2, 0.25) is 0 Å². The summed E-state index contributed by atoms with van der Waals surface area (Å²) in [6.07, 6.45) is 1.02. The van der Waals surface area contributed by atoms with E-state index in [1.165, 1.54) is 11.1 Å². The van der Waals surface area contributed by atoms with Gasteiger partial charge in [-0.05, 0) is 31.7 Å². The van der Waals surface area contributed by atoms with Gasteiger partial charge in [0.25, 0.3) is 0 Å². The van der Waals surface area contributed by atoms with Gasteiger partial charge >= 0.3 is 0 Å². The normalized spacial score (nSPS) is 30.7. The molecule has 2 heteroatoms. The van der Waals surface area contributed by atoms with Gasteiger partial charge in [0.05, 0.1) is 6.61 Å². The van der Waals surface area contributed by atoms with Gasteiger partial charge in [-0.15, -0.1) is 0 Å². The minimum atomic E-state index is -0.0877. The minimum Gasteiger partial charge on any atom is -0.394 e. The zero-order valence-electron chi connectivity index (χ0n) is 9.46. The summed E-state index contributed by atoms with van der Waals surface area (Å²) in [5, 5.41) is 12.7. The van der Waals surface area contributed by atoms with Crippen LogP contribution in [0.4, 0.5) is 0 Å². The largest absolute Gasteiger partial charge is 0.394 e. The summed E-state index contributed by atoms with van der Waals surface area (Å²) in [6.45, 7) is 5.38. The fourth-order valence-corrected chi connectivity index (χ4v) is 2.25. The van der Waals surface area contributed by atoms with Crippen molar-refractivity contribution < 1.29 is 5.11 Å². The number of hydrogen-bond donors (Lipinski definition) is 2. The van der Waals surface area contributed by atoms with E-state index in [2.05, 4.69) is 43.4 Å². The third-order valence-electron chi connectivity index (χ3n) is 3.37. The Kier molecular flexibility index (Phi) is 2.81. The topological polar surface area (TPSA) is 32.3 Å². The molecule has 0 bridgehead atoms.